The summed E-state index contributed by atoms with van der Waals surface area (Å²) < 4.78 is 8.74. The van der Waals surface area contributed by atoms with E-state index in [0.717, 1.165) is 99.3 Å². The second-order valence-electron chi connectivity index (χ2n) is 17.8. The van der Waals surface area contributed by atoms with Gasteiger partial charge in [-0.1, -0.05) is 36.4 Å². The van der Waals surface area contributed by atoms with Crippen LogP contribution < -0.4 is 26.1 Å². The number of amides is 3. The number of aromatic nitrogens is 6. The molecule has 1 N–H and O–H groups in total. The van der Waals surface area contributed by atoms with Crippen molar-refractivity contribution in [1.82, 2.24) is 44.6 Å². The zero-order valence-corrected chi connectivity index (χ0v) is 38.1. The van der Waals surface area contributed by atoms with Crippen LogP contribution in [0, 0.1) is 24.2 Å². The Morgan fingerprint density at radius 1 is 0.824 bits per heavy atom. The number of imide groups is 1. The van der Waals surface area contributed by atoms with Gasteiger partial charge in [-0.2, -0.15) is 15.5 Å². The number of piperazine rings is 1. The van der Waals surface area contributed by atoms with Gasteiger partial charge in [0.15, 0.2) is 11.6 Å². The lowest BCUT2D eigenvalue weighted by atomic mass is 9.97. The standard InChI is InChI=1S/C51H53N11O6/c1-34-42-12-11-40(28-43(42)51(67)62(56-34)45-14-15-46(63)55-50(45)66)59-24-22-58(23-25-59)19-3-2-10-47(64)60-20-17-35(18-21-60)33-68-41-30-53-49(54-31-41)39-9-5-7-37(27-39)32-61-48(65)16-13-44(57-61)38-8-4-6-36(26-38)29-52/h4-9,11-13,16,26-28,30-31,35,45H,2-3,10,14-15,17-25,32-33H2,1H3,(H,55,63,66). The second kappa shape index (κ2) is 20.5. The molecule has 1 unspecified atom stereocenters. The number of likely N-dealkylation sites (tertiary alicyclic amines) is 1. The predicted octanol–water partition coefficient (Wildman–Crippen LogP) is 4.89. The summed E-state index contributed by atoms with van der Waals surface area (Å²) in [5.74, 6) is 0.820. The van der Waals surface area contributed by atoms with Crippen molar-refractivity contribution >= 4 is 34.2 Å². The number of nitrogens with one attached hydrogen (secondary N) is 1. The van der Waals surface area contributed by atoms with Crippen molar-refractivity contribution in [2.75, 3.05) is 57.3 Å². The van der Waals surface area contributed by atoms with E-state index in [9.17, 15) is 29.2 Å². The molecule has 17 heteroatoms. The highest BCUT2D eigenvalue weighted by atomic mass is 16.5. The fraction of sp³-hybridized carbons (Fsp3) is 0.373. The van der Waals surface area contributed by atoms with Crippen LogP contribution in [0.4, 0.5) is 5.69 Å². The third-order valence-corrected chi connectivity index (χ3v) is 13.2. The smallest absolute Gasteiger partial charge is 0.275 e. The van der Waals surface area contributed by atoms with Gasteiger partial charge in [-0.25, -0.2) is 19.3 Å². The van der Waals surface area contributed by atoms with Gasteiger partial charge in [0, 0.05) is 80.4 Å². The number of piperidine rings is 2. The third-order valence-electron chi connectivity index (χ3n) is 13.2. The first-order valence-electron chi connectivity index (χ1n) is 23.3. The van der Waals surface area contributed by atoms with Crippen LogP contribution in [0.15, 0.2) is 101 Å². The molecule has 6 heterocycles. The molecule has 3 amide bonds. The van der Waals surface area contributed by atoms with Crippen molar-refractivity contribution in [3.63, 3.8) is 0 Å². The molecule has 3 aliphatic heterocycles. The molecule has 3 aliphatic rings. The quantitative estimate of drug-likeness (QED) is 0.114. The van der Waals surface area contributed by atoms with Crippen molar-refractivity contribution in [3.8, 4) is 34.5 Å². The van der Waals surface area contributed by atoms with Crippen LogP contribution in [0.3, 0.4) is 0 Å². The second-order valence-corrected chi connectivity index (χ2v) is 17.8. The zero-order valence-electron chi connectivity index (χ0n) is 38.1. The van der Waals surface area contributed by atoms with Crippen LogP contribution >= 0.6 is 0 Å². The number of ether oxygens (including phenoxy) is 1. The van der Waals surface area contributed by atoms with Crippen molar-refractivity contribution in [2.24, 2.45) is 5.92 Å². The van der Waals surface area contributed by atoms with E-state index in [0.29, 0.717) is 52.9 Å². The molecule has 348 valence electrons. The minimum absolute atomic E-state index is 0.169. The van der Waals surface area contributed by atoms with Gasteiger partial charge in [0.05, 0.1) is 54.0 Å². The Kier molecular flexibility index (Phi) is 13.7. The summed E-state index contributed by atoms with van der Waals surface area (Å²) in [7, 11) is 0. The highest BCUT2D eigenvalue weighted by molar-refractivity contribution is 5.99. The minimum Gasteiger partial charge on any atom is -0.490 e. The molecular weight excluding hydrogens is 863 g/mol. The molecule has 0 radical (unpaired) electrons. The zero-order chi connectivity index (χ0) is 47.1. The molecule has 3 fully saturated rings. The summed E-state index contributed by atoms with van der Waals surface area (Å²) in [6.07, 6.45) is 7.84. The highest BCUT2D eigenvalue weighted by Gasteiger charge is 2.31. The molecule has 17 nitrogen and oxygen atoms in total. The molecule has 6 aromatic rings. The maximum absolute atomic E-state index is 13.6. The van der Waals surface area contributed by atoms with Gasteiger partial charge in [-0.15, -0.1) is 0 Å². The first-order chi connectivity index (χ1) is 33.1. The van der Waals surface area contributed by atoms with Gasteiger partial charge in [0.1, 0.15) is 6.04 Å². The van der Waals surface area contributed by atoms with Gasteiger partial charge in [0.2, 0.25) is 11.8 Å². The Balaban J connectivity index is 0.681. The van der Waals surface area contributed by atoms with Crippen molar-refractivity contribution in [1.29, 1.82) is 5.26 Å². The number of nitrogens with zero attached hydrogens (tertiary/aromatic N) is 10. The van der Waals surface area contributed by atoms with Crippen molar-refractivity contribution in [3.05, 3.63) is 129 Å². The summed E-state index contributed by atoms with van der Waals surface area (Å²) in [6.45, 7) is 8.35. The van der Waals surface area contributed by atoms with Crippen molar-refractivity contribution in [2.45, 2.75) is 64.5 Å². The third kappa shape index (κ3) is 10.5. The number of rotatable bonds is 14. The minimum atomic E-state index is -0.809. The van der Waals surface area contributed by atoms with E-state index in [1.54, 1.807) is 36.7 Å². The average molecular weight is 916 g/mol. The number of hydrogen-bond donors (Lipinski definition) is 1. The van der Waals surface area contributed by atoms with Gasteiger partial charge >= 0.3 is 0 Å². The molecule has 0 saturated carbocycles. The molecular formula is C51H53N11O6. The topological polar surface area (TPSA) is 202 Å². The van der Waals surface area contributed by atoms with Crippen molar-refractivity contribution < 1.29 is 19.1 Å². The van der Waals surface area contributed by atoms with E-state index < -0.39 is 11.9 Å². The van der Waals surface area contributed by atoms with Crippen LogP contribution in [-0.2, 0) is 20.9 Å². The fourth-order valence-electron chi connectivity index (χ4n) is 9.28. The monoisotopic (exact) mass is 915 g/mol. The van der Waals surface area contributed by atoms with Gasteiger partial charge < -0.3 is 14.5 Å². The molecule has 0 aliphatic carbocycles. The summed E-state index contributed by atoms with van der Waals surface area (Å²) in [6, 6.07) is 25.1. The summed E-state index contributed by atoms with van der Waals surface area (Å²) >= 11 is 0. The van der Waals surface area contributed by atoms with Crippen LogP contribution in [0.1, 0.15) is 67.8 Å². The van der Waals surface area contributed by atoms with E-state index in [1.165, 1.54) is 15.4 Å². The van der Waals surface area contributed by atoms with E-state index in [4.69, 9.17) is 4.74 Å². The van der Waals surface area contributed by atoms with E-state index >= 15 is 0 Å². The lowest BCUT2D eigenvalue weighted by Crippen LogP contribution is -2.46. The van der Waals surface area contributed by atoms with Crippen LogP contribution in [0.2, 0.25) is 0 Å². The Labute approximate surface area is 393 Å². The Hall–Kier alpha value is -7.58. The number of aryl methyl sites for hydroxylation is 1. The van der Waals surface area contributed by atoms with Crippen LogP contribution in [-0.4, -0.2) is 109 Å². The fourth-order valence-corrected chi connectivity index (χ4v) is 9.28. The summed E-state index contributed by atoms with van der Waals surface area (Å²) in [5.41, 5.74) is 4.58. The lowest BCUT2D eigenvalue weighted by Gasteiger charge is -2.36. The predicted molar refractivity (Wildman–Crippen MR) is 255 cm³/mol. The molecule has 3 aromatic carbocycles. The summed E-state index contributed by atoms with van der Waals surface area (Å²) in [4.78, 5) is 79.5. The van der Waals surface area contributed by atoms with Gasteiger partial charge in [-0.05, 0) is 93.5 Å². The SMILES string of the molecule is Cc1nn(C2CCC(=O)NC2=O)c(=O)c2cc(N3CCN(CCCCC(=O)N4CCC(COc5cnc(-c6cccc(Cn7nc(-c8cccc(C#N)c8)ccc7=O)c6)nc5)CC4)CC3)ccc12. The summed E-state index contributed by atoms with van der Waals surface area (Å²) in [5, 5.41) is 21.9. The number of nitriles is 1. The average Bonchev–Trinajstić information content (AvgIpc) is 3.37. The molecule has 0 spiro atoms. The number of unbranched alkanes of at least 4 members (excludes halogenated alkanes) is 1. The molecule has 3 saturated heterocycles. The van der Waals surface area contributed by atoms with E-state index in [2.05, 4.69) is 41.4 Å². The number of hydrogen-bond acceptors (Lipinski definition) is 13. The first-order valence-corrected chi connectivity index (χ1v) is 23.3. The number of carbonyl (C=O) groups excluding carboxylic acids is 3. The largest absolute Gasteiger partial charge is 0.490 e. The van der Waals surface area contributed by atoms with E-state index in [1.807, 2.05) is 60.4 Å². The van der Waals surface area contributed by atoms with Crippen LogP contribution in [0.5, 0.6) is 5.75 Å². The Morgan fingerprint density at radius 2 is 1.60 bits per heavy atom. The van der Waals surface area contributed by atoms with Gasteiger partial charge in [-0.3, -0.25) is 34.2 Å². The number of fused-ring (bicyclic) bond motifs is 1. The normalized spacial score (nSPS) is 17.0. The molecule has 9 rings (SSSR count). The van der Waals surface area contributed by atoms with E-state index in [-0.39, 0.29) is 42.3 Å². The molecule has 1 atom stereocenters. The highest BCUT2D eigenvalue weighted by Crippen LogP contribution is 2.26. The maximum Gasteiger partial charge on any atom is 0.275 e. The Bertz CT molecular complexity index is 3000. The number of anilines is 1. The molecule has 68 heavy (non-hydrogen) atoms. The number of benzene rings is 3. The van der Waals surface area contributed by atoms with Gasteiger partial charge in [0.25, 0.3) is 17.0 Å². The first kappa shape index (κ1) is 45.6. The molecule has 0 bridgehead atoms. The molecule has 3 aromatic heterocycles. The number of carbonyl (C=O) groups is 3. The lowest BCUT2D eigenvalue weighted by molar-refractivity contribution is -0.136. The van der Waals surface area contributed by atoms with Crippen LogP contribution in [0.25, 0.3) is 33.4 Å². The Morgan fingerprint density at radius 3 is 2.38 bits per heavy atom. The maximum atomic E-state index is 13.6.